The lowest BCUT2D eigenvalue weighted by molar-refractivity contribution is 0.0183. The van der Waals surface area contributed by atoms with Gasteiger partial charge in [0.25, 0.3) is 0 Å². The summed E-state index contributed by atoms with van der Waals surface area (Å²) in [6.07, 6.45) is 1.81. The molecule has 1 saturated carbocycles. The Bertz CT molecular complexity index is 270. The summed E-state index contributed by atoms with van der Waals surface area (Å²) in [4.78, 5) is 13.7. The zero-order valence-corrected chi connectivity index (χ0v) is 9.69. The molecule has 4 nitrogen and oxygen atoms in total. The van der Waals surface area contributed by atoms with Gasteiger partial charge < -0.3 is 15.4 Å². The zero-order valence-electron chi connectivity index (χ0n) is 9.69. The Balaban J connectivity index is 1.94. The molecule has 1 aliphatic carbocycles. The molecule has 2 bridgehead atoms. The van der Waals surface area contributed by atoms with E-state index >= 15 is 0 Å². The van der Waals surface area contributed by atoms with Crippen molar-refractivity contribution in [2.45, 2.75) is 51.3 Å². The van der Waals surface area contributed by atoms with Crippen molar-refractivity contribution in [3.8, 4) is 0 Å². The van der Waals surface area contributed by atoms with E-state index in [9.17, 15) is 4.79 Å². The third kappa shape index (κ3) is 2.09. The van der Waals surface area contributed by atoms with Gasteiger partial charge in [-0.1, -0.05) is 0 Å². The van der Waals surface area contributed by atoms with Gasteiger partial charge in [0.15, 0.2) is 0 Å². The van der Waals surface area contributed by atoms with Gasteiger partial charge in [-0.05, 0) is 39.5 Å². The predicted octanol–water partition coefficient (Wildman–Crippen LogP) is 1.34. The van der Waals surface area contributed by atoms with Crippen LogP contribution in [0.1, 0.15) is 33.6 Å². The Morgan fingerprint density at radius 2 is 2.07 bits per heavy atom. The Kier molecular flexibility index (Phi) is 2.41. The molecule has 2 N–H and O–H groups in total. The summed E-state index contributed by atoms with van der Waals surface area (Å²) in [5, 5.41) is 0. The van der Waals surface area contributed by atoms with Gasteiger partial charge in [0, 0.05) is 18.6 Å². The van der Waals surface area contributed by atoms with Crippen molar-refractivity contribution in [2.24, 2.45) is 11.7 Å². The molecule has 0 spiro atoms. The molecular weight excluding hydrogens is 192 g/mol. The molecule has 1 saturated heterocycles. The zero-order chi connectivity index (χ0) is 11.2. The minimum absolute atomic E-state index is 0.179. The van der Waals surface area contributed by atoms with Crippen LogP contribution in [-0.4, -0.2) is 35.2 Å². The van der Waals surface area contributed by atoms with Crippen LogP contribution in [-0.2, 0) is 4.74 Å². The summed E-state index contributed by atoms with van der Waals surface area (Å²) >= 11 is 0. The normalized spacial score (nSPS) is 34.7. The van der Waals surface area contributed by atoms with Crippen molar-refractivity contribution in [2.75, 3.05) is 6.54 Å². The number of piperidine rings is 1. The summed E-state index contributed by atoms with van der Waals surface area (Å²) in [5.41, 5.74) is 5.53. The molecular formula is C11H20N2O2. The van der Waals surface area contributed by atoms with Crippen molar-refractivity contribution in [3.63, 3.8) is 0 Å². The van der Waals surface area contributed by atoms with E-state index in [2.05, 4.69) is 0 Å². The second kappa shape index (κ2) is 3.37. The summed E-state index contributed by atoms with van der Waals surface area (Å²) in [6.45, 7) is 6.46. The van der Waals surface area contributed by atoms with Gasteiger partial charge in [0.05, 0.1) is 0 Å². The van der Waals surface area contributed by atoms with Crippen LogP contribution < -0.4 is 5.73 Å². The van der Waals surface area contributed by atoms with Crippen LogP contribution in [0.4, 0.5) is 4.79 Å². The second-order valence-corrected chi connectivity index (χ2v) is 5.68. The Morgan fingerprint density at radius 1 is 1.40 bits per heavy atom. The SMILES string of the molecule is CC(C)(C)OC(=O)N1C[C@@H]2C[C@@H]1C[C@@H]2N. The van der Waals surface area contributed by atoms with Crippen molar-refractivity contribution in [1.82, 2.24) is 4.90 Å². The minimum atomic E-state index is -0.402. The van der Waals surface area contributed by atoms with Crippen molar-refractivity contribution < 1.29 is 9.53 Å². The highest BCUT2D eigenvalue weighted by molar-refractivity contribution is 5.69. The van der Waals surface area contributed by atoms with E-state index in [-0.39, 0.29) is 12.1 Å². The molecule has 0 aromatic rings. The molecule has 1 amide bonds. The molecule has 4 heteroatoms. The number of hydrogen-bond acceptors (Lipinski definition) is 3. The Hall–Kier alpha value is -0.770. The molecule has 0 radical (unpaired) electrons. The summed E-state index contributed by atoms with van der Waals surface area (Å²) in [7, 11) is 0. The molecule has 15 heavy (non-hydrogen) atoms. The van der Waals surface area contributed by atoms with Crippen LogP contribution in [0.25, 0.3) is 0 Å². The first-order chi connectivity index (χ1) is 6.87. The largest absolute Gasteiger partial charge is 0.444 e. The van der Waals surface area contributed by atoms with Crippen LogP contribution >= 0.6 is 0 Å². The van der Waals surface area contributed by atoms with Crippen molar-refractivity contribution in [1.29, 1.82) is 0 Å². The summed E-state index contributed by atoms with van der Waals surface area (Å²) in [5.74, 6) is 0.488. The molecule has 0 unspecified atom stereocenters. The summed E-state index contributed by atoms with van der Waals surface area (Å²) < 4.78 is 5.36. The number of ether oxygens (including phenoxy) is 1. The number of rotatable bonds is 0. The smallest absolute Gasteiger partial charge is 0.410 e. The highest BCUT2D eigenvalue weighted by Gasteiger charge is 2.46. The van der Waals surface area contributed by atoms with Gasteiger partial charge in [-0.3, -0.25) is 0 Å². The van der Waals surface area contributed by atoms with Crippen molar-refractivity contribution >= 4 is 6.09 Å². The Labute approximate surface area is 90.8 Å². The molecule has 2 rings (SSSR count). The highest BCUT2D eigenvalue weighted by atomic mass is 16.6. The van der Waals surface area contributed by atoms with Gasteiger partial charge in [0.1, 0.15) is 5.60 Å². The summed E-state index contributed by atoms with van der Waals surface area (Å²) in [6, 6.07) is 0.605. The van der Waals surface area contributed by atoms with Crippen LogP contribution in [0.3, 0.4) is 0 Å². The maximum absolute atomic E-state index is 11.8. The average Bonchev–Trinajstić information content (AvgIpc) is 2.58. The van der Waals surface area contributed by atoms with E-state index in [1.54, 1.807) is 0 Å². The highest BCUT2D eigenvalue weighted by Crippen LogP contribution is 2.37. The van der Waals surface area contributed by atoms with E-state index < -0.39 is 5.60 Å². The third-order valence-electron chi connectivity index (χ3n) is 3.22. The quantitative estimate of drug-likeness (QED) is 0.659. The van der Waals surface area contributed by atoms with Crippen LogP contribution in [0.5, 0.6) is 0 Å². The van der Waals surface area contributed by atoms with E-state index in [1.807, 2.05) is 25.7 Å². The number of carbonyl (C=O) groups excluding carboxylic acids is 1. The predicted molar refractivity (Wildman–Crippen MR) is 57.4 cm³/mol. The fraction of sp³-hybridized carbons (Fsp3) is 0.909. The number of fused-ring (bicyclic) bond motifs is 2. The lowest BCUT2D eigenvalue weighted by atomic mass is 10.0. The molecule has 2 aliphatic rings. The number of nitrogens with zero attached hydrogens (tertiary/aromatic N) is 1. The number of carbonyl (C=O) groups is 1. The Morgan fingerprint density at radius 3 is 2.47 bits per heavy atom. The second-order valence-electron chi connectivity index (χ2n) is 5.68. The van der Waals surface area contributed by atoms with Gasteiger partial charge in [0.2, 0.25) is 0 Å². The molecule has 3 atom stereocenters. The van der Waals surface area contributed by atoms with Gasteiger partial charge in [-0.2, -0.15) is 0 Å². The van der Waals surface area contributed by atoms with Crippen LogP contribution in [0, 0.1) is 5.92 Å². The molecule has 2 fully saturated rings. The molecule has 1 aliphatic heterocycles. The number of likely N-dealkylation sites (tertiary alicyclic amines) is 1. The fourth-order valence-electron chi connectivity index (χ4n) is 2.54. The standard InChI is InChI=1S/C11H20N2O2/c1-11(2,3)15-10(14)13-6-7-4-8(13)5-9(7)12/h7-9H,4-6,12H2,1-3H3/t7-,8+,9-/m0/s1. The number of hydrogen-bond donors (Lipinski definition) is 1. The van der Waals surface area contributed by atoms with Gasteiger partial charge in [-0.15, -0.1) is 0 Å². The third-order valence-corrected chi connectivity index (χ3v) is 3.22. The number of amides is 1. The topological polar surface area (TPSA) is 55.6 Å². The first kappa shape index (κ1) is 10.7. The van der Waals surface area contributed by atoms with Gasteiger partial charge >= 0.3 is 6.09 Å². The minimum Gasteiger partial charge on any atom is -0.444 e. The number of nitrogens with two attached hydrogens (primary N) is 1. The van der Waals surface area contributed by atoms with E-state index in [4.69, 9.17) is 10.5 Å². The molecule has 0 aromatic carbocycles. The van der Waals surface area contributed by atoms with Crippen LogP contribution in [0.15, 0.2) is 0 Å². The average molecular weight is 212 g/mol. The molecule has 1 heterocycles. The maximum Gasteiger partial charge on any atom is 0.410 e. The van der Waals surface area contributed by atoms with Crippen molar-refractivity contribution in [3.05, 3.63) is 0 Å². The fourth-order valence-corrected chi connectivity index (χ4v) is 2.54. The van der Waals surface area contributed by atoms with E-state index in [0.717, 1.165) is 19.4 Å². The monoisotopic (exact) mass is 212 g/mol. The van der Waals surface area contributed by atoms with Gasteiger partial charge in [-0.25, -0.2) is 4.79 Å². The maximum atomic E-state index is 11.8. The van der Waals surface area contributed by atoms with E-state index in [0.29, 0.717) is 12.0 Å². The molecule has 86 valence electrons. The first-order valence-corrected chi connectivity index (χ1v) is 5.62. The lowest BCUT2D eigenvalue weighted by Gasteiger charge is -2.31. The lowest BCUT2D eigenvalue weighted by Crippen LogP contribution is -2.46. The first-order valence-electron chi connectivity index (χ1n) is 5.62. The van der Waals surface area contributed by atoms with Crippen LogP contribution in [0.2, 0.25) is 0 Å². The van der Waals surface area contributed by atoms with E-state index in [1.165, 1.54) is 0 Å². The molecule has 0 aromatic heterocycles.